The zero-order valence-electron chi connectivity index (χ0n) is 22.0. The zero-order valence-corrected chi connectivity index (χ0v) is 22.0. The van der Waals surface area contributed by atoms with Crippen molar-refractivity contribution in [2.24, 2.45) is 0 Å². The van der Waals surface area contributed by atoms with E-state index in [9.17, 15) is 9.65 Å². The van der Waals surface area contributed by atoms with E-state index in [0.29, 0.717) is 27.9 Å². The second-order valence-corrected chi connectivity index (χ2v) is 10.7. The van der Waals surface area contributed by atoms with Gasteiger partial charge in [-0.25, -0.2) is 9.37 Å². The van der Waals surface area contributed by atoms with Crippen LogP contribution in [0, 0.1) is 31.0 Å². The molecule has 1 aliphatic heterocycles. The molecule has 0 bridgehead atoms. The van der Waals surface area contributed by atoms with Crippen molar-refractivity contribution in [3.63, 3.8) is 0 Å². The molecule has 2 aromatic carbocycles. The summed E-state index contributed by atoms with van der Waals surface area (Å²) in [7, 11) is 0. The van der Waals surface area contributed by atoms with E-state index in [2.05, 4.69) is 41.7 Å². The highest BCUT2D eigenvalue weighted by Gasteiger charge is 2.27. The minimum Gasteiger partial charge on any atom is -0.383 e. The minimum absolute atomic E-state index is 0.141. The number of rotatable bonds is 3. The molecule has 0 saturated carbocycles. The molecule has 1 fully saturated rings. The second kappa shape index (κ2) is 9.16. The van der Waals surface area contributed by atoms with E-state index < -0.39 is 0 Å². The number of hydrogen-bond donors (Lipinski definition) is 1. The number of pyridine rings is 1. The Morgan fingerprint density at radius 1 is 1.00 bits per heavy atom. The number of nitrogen functional groups attached to an aromatic ring is 1. The van der Waals surface area contributed by atoms with Gasteiger partial charge in [0.2, 0.25) is 0 Å². The van der Waals surface area contributed by atoms with Crippen molar-refractivity contribution in [1.82, 2.24) is 19.8 Å². The normalized spacial score (nSPS) is 14.8. The van der Waals surface area contributed by atoms with E-state index >= 15 is 0 Å². The molecule has 4 aromatic rings. The Bertz CT molecular complexity index is 1510. The second-order valence-electron chi connectivity index (χ2n) is 10.7. The van der Waals surface area contributed by atoms with E-state index in [0.717, 1.165) is 53.9 Å². The molecule has 0 spiro atoms. The van der Waals surface area contributed by atoms with Crippen molar-refractivity contribution in [3.8, 4) is 28.3 Å². The summed E-state index contributed by atoms with van der Waals surface area (Å²) in [5.41, 5.74) is 11.1. The predicted octanol–water partition coefficient (Wildman–Crippen LogP) is 5.03. The van der Waals surface area contributed by atoms with Crippen molar-refractivity contribution in [3.05, 3.63) is 65.4 Å². The Balaban J connectivity index is 1.61. The van der Waals surface area contributed by atoms with Crippen molar-refractivity contribution in [2.75, 3.05) is 36.9 Å². The molecule has 0 atom stereocenters. The van der Waals surface area contributed by atoms with E-state index in [1.54, 1.807) is 18.3 Å². The van der Waals surface area contributed by atoms with E-state index in [-0.39, 0.29) is 11.4 Å². The van der Waals surface area contributed by atoms with Crippen LogP contribution in [0.15, 0.2) is 42.7 Å². The lowest BCUT2D eigenvalue weighted by molar-refractivity contribution is 0.119. The van der Waals surface area contributed by atoms with E-state index in [1.807, 2.05) is 37.0 Å². The molecule has 0 amide bonds. The van der Waals surface area contributed by atoms with Crippen LogP contribution in [0.2, 0.25) is 0 Å². The number of nitriles is 1. The number of aromatic nitrogens is 3. The minimum atomic E-state index is -0.363. The first-order valence-corrected chi connectivity index (χ1v) is 12.5. The number of aryl methyl sites for hydroxylation is 2. The summed E-state index contributed by atoms with van der Waals surface area (Å²) >= 11 is 0. The van der Waals surface area contributed by atoms with Crippen molar-refractivity contribution < 1.29 is 4.39 Å². The Hall–Kier alpha value is -3.96. The van der Waals surface area contributed by atoms with Crippen LogP contribution < -0.4 is 10.7 Å². The van der Waals surface area contributed by atoms with Gasteiger partial charge in [0.25, 0.3) is 0 Å². The molecule has 37 heavy (non-hydrogen) atoms. The van der Waals surface area contributed by atoms with Gasteiger partial charge in [-0.2, -0.15) is 15.2 Å². The van der Waals surface area contributed by atoms with Gasteiger partial charge in [0.1, 0.15) is 11.6 Å². The van der Waals surface area contributed by atoms with Crippen LogP contribution in [0.25, 0.3) is 33.0 Å². The van der Waals surface area contributed by atoms with Crippen LogP contribution in [-0.2, 0) is 0 Å². The summed E-state index contributed by atoms with van der Waals surface area (Å²) in [5.74, 6) is -0.0340. The Kier molecular flexibility index (Phi) is 6.12. The van der Waals surface area contributed by atoms with E-state index in [4.69, 9.17) is 10.8 Å². The first-order valence-electron chi connectivity index (χ1n) is 12.5. The summed E-state index contributed by atoms with van der Waals surface area (Å²) in [6, 6.07) is 10.7. The molecule has 8 heteroatoms. The summed E-state index contributed by atoms with van der Waals surface area (Å²) in [5, 5.41) is 18.4. The van der Waals surface area contributed by atoms with Gasteiger partial charge in [-0.15, -0.1) is 0 Å². The number of benzene rings is 2. The molecule has 0 unspecified atom stereocenters. The lowest BCUT2D eigenvalue weighted by Gasteiger charge is -2.42. The fraction of sp³-hybridized carbons (Fsp3) is 0.345. The molecule has 0 aliphatic carbocycles. The van der Waals surface area contributed by atoms with Gasteiger partial charge in [-0.05, 0) is 63.8 Å². The van der Waals surface area contributed by atoms with Gasteiger partial charge in [-0.1, -0.05) is 12.1 Å². The van der Waals surface area contributed by atoms with Gasteiger partial charge in [-0.3, -0.25) is 9.91 Å². The molecule has 190 valence electrons. The maximum absolute atomic E-state index is 15.0. The summed E-state index contributed by atoms with van der Waals surface area (Å²) in [6.07, 6.45) is 3.77. The highest BCUT2D eigenvalue weighted by molar-refractivity contribution is 6.04. The average Bonchev–Trinajstić information content (AvgIpc) is 3.24. The SMILES string of the molecule is Cc1cccc(F)c1-c1cc2c(-c3cn(N4CCN(C(C)(C)C)CC4)nc3C)cnc(N)c2cc1C#N. The number of anilines is 1. The molecular formula is C29H32FN7. The maximum Gasteiger partial charge on any atom is 0.131 e. The van der Waals surface area contributed by atoms with Crippen LogP contribution in [0.1, 0.15) is 37.6 Å². The third kappa shape index (κ3) is 4.40. The van der Waals surface area contributed by atoms with Gasteiger partial charge >= 0.3 is 0 Å². The topological polar surface area (TPSA) is 87.0 Å². The molecule has 0 radical (unpaired) electrons. The molecule has 2 N–H and O–H groups in total. The van der Waals surface area contributed by atoms with Crippen molar-refractivity contribution in [2.45, 2.75) is 40.2 Å². The molecule has 1 aliphatic rings. The molecule has 1 saturated heterocycles. The third-order valence-corrected chi connectivity index (χ3v) is 7.34. The lowest BCUT2D eigenvalue weighted by Crippen LogP contribution is -2.56. The van der Waals surface area contributed by atoms with Crippen LogP contribution in [0.4, 0.5) is 10.2 Å². The third-order valence-electron chi connectivity index (χ3n) is 7.34. The molecule has 2 aromatic heterocycles. The largest absolute Gasteiger partial charge is 0.383 e. The fourth-order valence-corrected chi connectivity index (χ4v) is 5.22. The number of halogens is 1. The lowest BCUT2D eigenvalue weighted by atomic mass is 9.91. The van der Waals surface area contributed by atoms with Gasteiger partial charge in [0.15, 0.2) is 0 Å². The monoisotopic (exact) mass is 497 g/mol. The smallest absolute Gasteiger partial charge is 0.131 e. The van der Waals surface area contributed by atoms with Gasteiger partial charge in [0.05, 0.1) is 23.5 Å². The first kappa shape index (κ1) is 24.7. The summed E-state index contributed by atoms with van der Waals surface area (Å²) in [6.45, 7) is 14.2. The van der Waals surface area contributed by atoms with Gasteiger partial charge in [0, 0.05) is 65.6 Å². The number of fused-ring (bicyclic) bond motifs is 1. The molecule has 3 heterocycles. The Morgan fingerprint density at radius 3 is 2.38 bits per heavy atom. The number of nitrogens with two attached hydrogens (primary N) is 1. The Morgan fingerprint density at radius 2 is 1.73 bits per heavy atom. The number of hydrogen-bond acceptors (Lipinski definition) is 6. The van der Waals surface area contributed by atoms with Gasteiger partial charge < -0.3 is 5.73 Å². The van der Waals surface area contributed by atoms with Crippen molar-refractivity contribution >= 4 is 16.6 Å². The quantitative estimate of drug-likeness (QED) is 0.427. The first-order chi connectivity index (χ1) is 17.6. The highest BCUT2D eigenvalue weighted by Crippen LogP contribution is 2.38. The molecule has 7 nitrogen and oxygen atoms in total. The molecular weight excluding hydrogens is 465 g/mol. The maximum atomic E-state index is 15.0. The van der Waals surface area contributed by atoms with Crippen LogP contribution in [0.5, 0.6) is 0 Å². The van der Waals surface area contributed by atoms with Crippen LogP contribution in [0.3, 0.4) is 0 Å². The highest BCUT2D eigenvalue weighted by atomic mass is 19.1. The average molecular weight is 498 g/mol. The number of piperazine rings is 1. The number of nitrogens with zero attached hydrogens (tertiary/aromatic N) is 6. The van der Waals surface area contributed by atoms with Crippen LogP contribution in [-0.4, -0.2) is 51.5 Å². The predicted molar refractivity (Wildman–Crippen MR) is 146 cm³/mol. The van der Waals surface area contributed by atoms with Crippen LogP contribution >= 0.6 is 0 Å². The molecule has 5 rings (SSSR count). The summed E-state index contributed by atoms with van der Waals surface area (Å²) < 4.78 is 15.0. The summed E-state index contributed by atoms with van der Waals surface area (Å²) in [4.78, 5) is 8.85. The standard InChI is InChI=1S/C29H32FN7/c1-18-7-6-8-26(30)27(18)21-14-22-23(13-20(21)15-31)28(32)33-16-24(22)25-17-37(34-19(25)2)36-11-9-35(10-12-36)29(3,4)5/h6-8,13-14,16-17H,9-12H2,1-5H3,(H2,32,33). The fourth-order valence-electron chi connectivity index (χ4n) is 5.22. The zero-order chi connectivity index (χ0) is 26.5. The van der Waals surface area contributed by atoms with E-state index in [1.165, 1.54) is 6.07 Å². The Labute approximate surface area is 216 Å². The van der Waals surface area contributed by atoms with Crippen molar-refractivity contribution in [1.29, 1.82) is 5.26 Å².